The van der Waals surface area contributed by atoms with E-state index in [0.29, 0.717) is 0 Å². The molecule has 3 heteroatoms. The van der Waals surface area contributed by atoms with Gasteiger partial charge in [-0.05, 0) is 18.9 Å². The van der Waals surface area contributed by atoms with E-state index in [4.69, 9.17) is 0 Å². The van der Waals surface area contributed by atoms with E-state index in [1.165, 1.54) is 5.56 Å². The Morgan fingerprint density at radius 1 is 1.38 bits per heavy atom. The van der Waals surface area contributed by atoms with Gasteiger partial charge in [0.1, 0.15) is 0 Å². The van der Waals surface area contributed by atoms with Crippen LogP contribution in [0.2, 0.25) is 0 Å². The molecule has 0 aliphatic carbocycles. The molecule has 0 aliphatic rings. The monoisotopic (exact) mass is 214 g/mol. The van der Waals surface area contributed by atoms with Crippen LogP contribution in [-0.4, -0.2) is 14.5 Å². The Bertz CT molecular complexity index is 293. The van der Waals surface area contributed by atoms with Crippen molar-refractivity contribution >= 4 is 23.4 Å². The molecule has 0 spiro atoms. The third-order valence-corrected chi connectivity index (χ3v) is 4.31. The van der Waals surface area contributed by atoms with Gasteiger partial charge < -0.3 is 0 Å². The molecule has 0 saturated carbocycles. The first-order chi connectivity index (χ1) is 6.02. The Morgan fingerprint density at radius 2 is 1.92 bits per heavy atom. The van der Waals surface area contributed by atoms with Crippen LogP contribution in [-0.2, 0) is 17.2 Å². The van der Waals surface area contributed by atoms with E-state index < -0.39 is 14.9 Å². The summed E-state index contributed by atoms with van der Waals surface area (Å²) in [4.78, 5) is 0. The zero-order valence-electron chi connectivity index (χ0n) is 7.86. The van der Waals surface area contributed by atoms with Gasteiger partial charge in [-0.1, -0.05) is 30.3 Å². The van der Waals surface area contributed by atoms with Crippen molar-refractivity contribution in [3.05, 3.63) is 35.9 Å². The number of hydrogen-bond acceptors (Lipinski definition) is 2. The Balaban J connectivity index is 2.75. The van der Waals surface area contributed by atoms with Crippen LogP contribution in [0.5, 0.6) is 0 Å². The van der Waals surface area contributed by atoms with Crippen LogP contribution in [0, 0.1) is 0 Å². The summed E-state index contributed by atoms with van der Waals surface area (Å²) in [5.74, 6) is 0. The molecule has 0 heterocycles. The zero-order chi connectivity index (χ0) is 9.90. The maximum absolute atomic E-state index is 11.3. The number of thiol groups is 1. The zero-order valence-corrected chi connectivity index (χ0v) is 9.57. The Morgan fingerprint density at radius 3 is 2.38 bits per heavy atom. The molecule has 0 saturated heterocycles. The van der Waals surface area contributed by atoms with E-state index in [0.717, 1.165) is 6.42 Å². The Hall–Kier alpha value is -0.280. The fourth-order valence-corrected chi connectivity index (χ4v) is 1.63. The standard InChI is InChI=1S/C10H14OS2/c1-10(12,13(2)11)8-9-6-4-3-5-7-9/h3-7,12H,8H2,1-2H3. The van der Waals surface area contributed by atoms with Crippen LogP contribution < -0.4 is 0 Å². The van der Waals surface area contributed by atoms with Crippen molar-refractivity contribution in [3.8, 4) is 0 Å². The van der Waals surface area contributed by atoms with Gasteiger partial charge in [-0.3, -0.25) is 4.21 Å². The molecule has 1 nitrogen and oxygen atoms in total. The first-order valence-electron chi connectivity index (χ1n) is 4.12. The molecular formula is C10H14OS2. The highest BCUT2D eigenvalue weighted by Crippen LogP contribution is 2.22. The molecule has 1 aromatic carbocycles. The van der Waals surface area contributed by atoms with Gasteiger partial charge in [-0.25, -0.2) is 0 Å². The van der Waals surface area contributed by atoms with E-state index >= 15 is 0 Å². The maximum Gasteiger partial charge on any atom is 0.0888 e. The first-order valence-corrected chi connectivity index (χ1v) is 6.13. The summed E-state index contributed by atoms with van der Waals surface area (Å²) in [5, 5.41) is 0. The smallest absolute Gasteiger partial charge is 0.0888 e. The van der Waals surface area contributed by atoms with Gasteiger partial charge in [0, 0.05) is 17.1 Å². The maximum atomic E-state index is 11.3. The normalized spacial score (nSPS) is 17.8. The van der Waals surface area contributed by atoms with Crippen LogP contribution in [0.25, 0.3) is 0 Å². The van der Waals surface area contributed by atoms with Crippen molar-refractivity contribution in [2.24, 2.45) is 0 Å². The summed E-state index contributed by atoms with van der Waals surface area (Å²) in [6.45, 7) is 1.90. The quantitative estimate of drug-likeness (QED) is 0.764. The van der Waals surface area contributed by atoms with Crippen molar-refractivity contribution in [2.75, 3.05) is 6.26 Å². The molecule has 2 unspecified atom stereocenters. The third-order valence-electron chi connectivity index (χ3n) is 1.99. The molecule has 0 aromatic heterocycles. The SMILES string of the molecule is CS(=O)C(C)(S)Cc1ccccc1. The summed E-state index contributed by atoms with van der Waals surface area (Å²) >= 11 is 4.39. The Kier molecular flexibility index (Phi) is 3.56. The van der Waals surface area contributed by atoms with Crippen LogP contribution in [0.15, 0.2) is 30.3 Å². The van der Waals surface area contributed by atoms with Gasteiger partial charge in [-0.2, -0.15) is 12.6 Å². The van der Waals surface area contributed by atoms with Gasteiger partial charge in [0.05, 0.1) is 4.08 Å². The van der Waals surface area contributed by atoms with Crippen LogP contribution in [0.4, 0.5) is 0 Å². The van der Waals surface area contributed by atoms with Gasteiger partial charge in [0.25, 0.3) is 0 Å². The van der Waals surface area contributed by atoms with Gasteiger partial charge in [0.2, 0.25) is 0 Å². The molecule has 2 atom stereocenters. The molecule has 0 amide bonds. The van der Waals surface area contributed by atoms with Crippen LogP contribution in [0.3, 0.4) is 0 Å². The van der Waals surface area contributed by atoms with Crippen molar-refractivity contribution in [1.29, 1.82) is 0 Å². The molecular weight excluding hydrogens is 200 g/mol. The first kappa shape index (κ1) is 10.8. The minimum Gasteiger partial charge on any atom is -0.258 e. The molecule has 0 aliphatic heterocycles. The van der Waals surface area contributed by atoms with E-state index in [1.807, 2.05) is 37.3 Å². The van der Waals surface area contributed by atoms with Gasteiger partial charge >= 0.3 is 0 Å². The summed E-state index contributed by atoms with van der Waals surface area (Å²) in [6.07, 6.45) is 2.43. The lowest BCUT2D eigenvalue weighted by Crippen LogP contribution is -2.25. The molecule has 0 N–H and O–H groups in total. The molecule has 0 bridgehead atoms. The lowest BCUT2D eigenvalue weighted by Gasteiger charge is -2.20. The van der Waals surface area contributed by atoms with E-state index in [1.54, 1.807) is 6.26 Å². The summed E-state index contributed by atoms with van der Waals surface area (Å²) in [5.41, 5.74) is 1.18. The second-order valence-electron chi connectivity index (χ2n) is 3.29. The summed E-state index contributed by atoms with van der Waals surface area (Å²) in [6, 6.07) is 10.0. The highest BCUT2D eigenvalue weighted by Gasteiger charge is 2.23. The molecule has 72 valence electrons. The summed E-state index contributed by atoms with van der Waals surface area (Å²) < 4.78 is 10.9. The van der Waals surface area contributed by atoms with E-state index in [2.05, 4.69) is 12.6 Å². The van der Waals surface area contributed by atoms with Crippen molar-refractivity contribution in [3.63, 3.8) is 0 Å². The third kappa shape index (κ3) is 3.16. The second-order valence-corrected chi connectivity index (χ2v) is 6.39. The molecule has 1 aromatic rings. The number of rotatable bonds is 3. The number of hydrogen-bond donors (Lipinski definition) is 1. The minimum absolute atomic E-state index is 0.429. The van der Waals surface area contributed by atoms with Gasteiger partial charge in [-0.15, -0.1) is 0 Å². The van der Waals surface area contributed by atoms with Crippen LogP contribution in [0.1, 0.15) is 12.5 Å². The molecule has 0 radical (unpaired) electrons. The Labute approximate surface area is 87.4 Å². The molecule has 13 heavy (non-hydrogen) atoms. The lowest BCUT2D eigenvalue weighted by molar-refractivity contribution is 0.670. The van der Waals surface area contributed by atoms with Crippen LogP contribution >= 0.6 is 12.6 Å². The van der Waals surface area contributed by atoms with E-state index in [9.17, 15) is 4.21 Å². The molecule has 0 fully saturated rings. The largest absolute Gasteiger partial charge is 0.258 e. The van der Waals surface area contributed by atoms with Gasteiger partial charge in [0.15, 0.2) is 0 Å². The highest BCUT2D eigenvalue weighted by atomic mass is 32.2. The second kappa shape index (κ2) is 4.29. The summed E-state index contributed by atoms with van der Waals surface area (Å²) in [7, 11) is -0.912. The fraction of sp³-hybridized carbons (Fsp3) is 0.400. The molecule has 1 rings (SSSR count). The van der Waals surface area contributed by atoms with Crippen molar-refractivity contribution < 1.29 is 4.21 Å². The number of benzene rings is 1. The predicted molar refractivity (Wildman–Crippen MR) is 61.6 cm³/mol. The minimum atomic E-state index is -0.912. The lowest BCUT2D eigenvalue weighted by atomic mass is 10.1. The predicted octanol–water partition coefficient (Wildman–Crippen LogP) is 2.25. The average Bonchev–Trinajstić information content (AvgIpc) is 2.05. The van der Waals surface area contributed by atoms with E-state index in [-0.39, 0.29) is 0 Å². The highest BCUT2D eigenvalue weighted by molar-refractivity contribution is 8.02. The fourth-order valence-electron chi connectivity index (χ4n) is 1.08. The average molecular weight is 214 g/mol. The van der Waals surface area contributed by atoms with Crippen molar-refractivity contribution in [2.45, 2.75) is 17.4 Å². The topological polar surface area (TPSA) is 17.1 Å². The van der Waals surface area contributed by atoms with Crippen molar-refractivity contribution in [1.82, 2.24) is 0 Å².